The number of aromatic nitrogens is 2. The molecule has 0 spiro atoms. The van der Waals surface area contributed by atoms with E-state index < -0.39 is 0 Å². The quantitative estimate of drug-likeness (QED) is 0.678. The van der Waals surface area contributed by atoms with E-state index in [4.69, 9.17) is 10.8 Å². The topological polar surface area (TPSA) is 76.1 Å². The Labute approximate surface area is 89.3 Å². The van der Waals surface area contributed by atoms with Crippen LogP contribution >= 0.6 is 0 Å². The zero-order valence-electron chi connectivity index (χ0n) is 9.20. The van der Waals surface area contributed by atoms with Gasteiger partial charge in [-0.25, -0.2) is 0 Å². The van der Waals surface area contributed by atoms with E-state index in [1.807, 2.05) is 14.0 Å². The number of aliphatic hydroxyl groups excluding tert-OH is 1. The second kappa shape index (κ2) is 3.73. The van der Waals surface area contributed by atoms with Crippen LogP contribution in [-0.2, 0) is 7.05 Å². The third-order valence-corrected chi connectivity index (χ3v) is 3.04. The maximum Gasteiger partial charge on any atom is 0.147 e. The highest BCUT2D eigenvalue weighted by Gasteiger charge is 2.27. The Morgan fingerprint density at radius 1 is 1.60 bits per heavy atom. The normalized spacial score (nSPS) is 25.0. The van der Waals surface area contributed by atoms with E-state index in [9.17, 15) is 0 Å². The second-order valence-electron chi connectivity index (χ2n) is 4.34. The molecule has 1 aromatic rings. The summed E-state index contributed by atoms with van der Waals surface area (Å²) in [5.41, 5.74) is 7.46. The van der Waals surface area contributed by atoms with Crippen molar-refractivity contribution in [2.24, 2.45) is 13.0 Å². The van der Waals surface area contributed by atoms with Gasteiger partial charge in [0.15, 0.2) is 0 Å². The van der Waals surface area contributed by atoms with Crippen molar-refractivity contribution in [2.75, 3.05) is 17.6 Å². The van der Waals surface area contributed by atoms with Crippen LogP contribution in [0.25, 0.3) is 0 Å². The zero-order chi connectivity index (χ0) is 11.0. The molecule has 0 aliphatic heterocycles. The molecule has 84 valence electrons. The predicted octanol–water partition coefficient (Wildman–Crippen LogP) is 0.494. The third-order valence-electron chi connectivity index (χ3n) is 3.04. The van der Waals surface area contributed by atoms with Gasteiger partial charge >= 0.3 is 0 Å². The highest BCUT2D eigenvalue weighted by Crippen LogP contribution is 2.28. The van der Waals surface area contributed by atoms with Gasteiger partial charge in [0, 0.05) is 13.6 Å². The molecule has 1 heterocycles. The molecule has 0 unspecified atom stereocenters. The van der Waals surface area contributed by atoms with Crippen molar-refractivity contribution in [3.05, 3.63) is 5.69 Å². The molecule has 1 fully saturated rings. The van der Waals surface area contributed by atoms with Gasteiger partial charge in [0.2, 0.25) is 0 Å². The molecule has 0 saturated heterocycles. The van der Waals surface area contributed by atoms with Crippen LogP contribution in [0.2, 0.25) is 0 Å². The summed E-state index contributed by atoms with van der Waals surface area (Å²) >= 11 is 0. The van der Waals surface area contributed by atoms with Crippen LogP contribution in [0.5, 0.6) is 0 Å². The maximum atomic E-state index is 9.16. The van der Waals surface area contributed by atoms with E-state index >= 15 is 0 Å². The SMILES string of the molecule is Cc1nn(C)c(NCC2CC(O)C2)c1N. The van der Waals surface area contributed by atoms with E-state index in [2.05, 4.69) is 10.4 Å². The summed E-state index contributed by atoms with van der Waals surface area (Å²) in [6, 6.07) is 0. The Bertz CT molecular complexity index is 355. The number of nitrogens with one attached hydrogen (secondary N) is 1. The molecule has 2 rings (SSSR count). The predicted molar refractivity (Wildman–Crippen MR) is 59.6 cm³/mol. The van der Waals surface area contributed by atoms with Crippen molar-refractivity contribution < 1.29 is 5.11 Å². The fraction of sp³-hybridized carbons (Fsp3) is 0.700. The molecule has 0 aromatic carbocycles. The van der Waals surface area contributed by atoms with Crippen molar-refractivity contribution in [1.82, 2.24) is 9.78 Å². The molecule has 5 nitrogen and oxygen atoms in total. The van der Waals surface area contributed by atoms with E-state index in [1.54, 1.807) is 4.68 Å². The van der Waals surface area contributed by atoms with Gasteiger partial charge in [-0.15, -0.1) is 0 Å². The summed E-state index contributed by atoms with van der Waals surface area (Å²) in [5.74, 6) is 1.45. The first-order valence-electron chi connectivity index (χ1n) is 5.29. The molecule has 5 heteroatoms. The number of aryl methyl sites for hydroxylation is 2. The van der Waals surface area contributed by atoms with Gasteiger partial charge in [0.1, 0.15) is 5.82 Å². The molecule has 15 heavy (non-hydrogen) atoms. The van der Waals surface area contributed by atoms with Gasteiger partial charge < -0.3 is 16.2 Å². The van der Waals surface area contributed by atoms with Crippen LogP contribution in [0.3, 0.4) is 0 Å². The van der Waals surface area contributed by atoms with Gasteiger partial charge in [-0.1, -0.05) is 0 Å². The van der Waals surface area contributed by atoms with Gasteiger partial charge in [-0.3, -0.25) is 4.68 Å². The van der Waals surface area contributed by atoms with Crippen LogP contribution in [-0.4, -0.2) is 27.5 Å². The van der Waals surface area contributed by atoms with Crippen LogP contribution in [0.1, 0.15) is 18.5 Å². The molecule has 4 N–H and O–H groups in total. The molecule has 1 aliphatic carbocycles. The molecular weight excluding hydrogens is 192 g/mol. The summed E-state index contributed by atoms with van der Waals surface area (Å²) in [7, 11) is 1.88. The average Bonchev–Trinajstić information content (AvgIpc) is 2.36. The smallest absolute Gasteiger partial charge is 0.147 e. The molecular formula is C10H18N4O. The zero-order valence-corrected chi connectivity index (χ0v) is 9.20. The van der Waals surface area contributed by atoms with Gasteiger partial charge in [-0.05, 0) is 25.7 Å². The number of nitrogens with zero attached hydrogens (tertiary/aromatic N) is 2. The Morgan fingerprint density at radius 2 is 2.27 bits per heavy atom. The number of aliphatic hydroxyl groups is 1. The van der Waals surface area contributed by atoms with Gasteiger partial charge in [-0.2, -0.15) is 5.10 Å². The lowest BCUT2D eigenvalue weighted by atomic mass is 9.82. The molecule has 1 saturated carbocycles. The van der Waals surface area contributed by atoms with Crippen molar-refractivity contribution in [2.45, 2.75) is 25.9 Å². The second-order valence-corrected chi connectivity index (χ2v) is 4.34. The minimum Gasteiger partial charge on any atom is -0.394 e. The molecule has 1 aromatic heterocycles. The maximum absolute atomic E-state index is 9.16. The first kappa shape index (κ1) is 10.3. The summed E-state index contributed by atoms with van der Waals surface area (Å²) in [6.07, 6.45) is 1.69. The monoisotopic (exact) mass is 210 g/mol. The highest BCUT2D eigenvalue weighted by molar-refractivity contribution is 5.64. The molecule has 0 atom stereocenters. The van der Waals surface area contributed by atoms with Gasteiger partial charge in [0.25, 0.3) is 0 Å². The Balaban J connectivity index is 1.93. The fourth-order valence-corrected chi connectivity index (χ4v) is 1.99. The van der Waals surface area contributed by atoms with Crippen molar-refractivity contribution in [1.29, 1.82) is 0 Å². The number of hydrogen-bond acceptors (Lipinski definition) is 4. The summed E-state index contributed by atoms with van der Waals surface area (Å²) in [4.78, 5) is 0. The van der Waals surface area contributed by atoms with E-state index in [-0.39, 0.29) is 6.10 Å². The number of nitrogen functional groups attached to an aromatic ring is 1. The highest BCUT2D eigenvalue weighted by atomic mass is 16.3. The lowest BCUT2D eigenvalue weighted by Crippen LogP contribution is -2.33. The summed E-state index contributed by atoms with van der Waals surface area (Å²) < 4.78 is 1.76. The Kier molecular flexibility index (Phi) is 2.56. The first-order chi connectivity index (χ1) is 7.08. The van der Waals surface area contributed by atoms with E-state index in [0.29, 0.717) is 5.92 Å². The molecule has 1 aliphatic rings. The molecule has 0 radical (unpaired) electrons. The van der Waals surface area contributed by atoms with Gasteiger partial charge in [0.05, 0.1) is 17.5 Å². The lowest BCUT2D eigenvalue weighted by Gasteiger charge is -2.31. The van der Waals surface area contributed by atoms with Crippen molar-refractivity contribution >= 4 is 11.5 Å². The van der Waals surface area contributed by atoms with E-state index in [1.165, 1.54) is 0 Å². The molecule has 0 bridgehead atoms. The van der Waals surface area contributed by atoms with Crippen LogP contribution in [0.4, 0.5) is 11.5 Å². The lowest BCUT2D eigenvalue weighted by molar-refractivity contribution is 0.0486. The minimum atomic E-state index is -0.0950. The fourth-order valence-electron chi connectivity index (χ4n) is 1.99. The van der Waals surface area contributed by atoms with Crippen molar-refractivity contribution in [3.63, 3.8) is 0 Å². The Morgan fingerprint density at radius 3 is 2.73 bits per heavy atom. The van der Waals surface area contributed by atoms with Crippen LogP contribution < -0.4 is 11.1 Å². The largest absolute Gasteiger partial charge is 0.394 e. The van der Waals surface area contributed by atoms with Crippen LogP contribution in [0, 0.1) is 12.8 Å². The third kappa shape index (κ3) is 1.92. The number of nitrogens with two attached hydrogens (primary N) is 1. The average molecular weight is 210 g/mol. The minimum absolute atomic E-state index is 0.0950. The standard InChI is InChI=1S/C10H18N4O/c1-6-9(11)10(14(2)13-6)12-5-7-3-8(15)4-7/h7-8,12,15H,3-5,11H2,1-2H3. The summed E-state index contributed by atoms with van der Waals surface area (Å²) in [6.45, 7) is 2.76. The number of hydrogen-bond donors (Lipinski definition) is 3. The van der Waals surface area contributed by atoms with Crippen molar-refractivity contribution in [3.8, 4) is 0 Å². The number of anilines is 2. The van der Waals surface area contributed by atoms with E-state index in [0.717, 1.165) is 36.6 Å². The van der Waals surface area contributed by atoms with Crippen LogP contribution in [0.15, 0.2) is 0 Å². The Hall–Kier alpha value is -1.23. The molecule has 0 amide bonds. The summed E-state index contributed by atoms with van der Waals surface area (Å²) in [5, 5.41) is 16.7. The first-order valence-corrected chi connectivity index (χ1v) is 5.29. The number of rotatable bonds is 3.